The molecule has 1 heterocycles. The minimum atomic E-state index is -0.494. The summed E-state index contributed by atoms with van der Waals surface area (Å²) in [6.45, 7) is 0. The fraction of sp³-hybridized carbons (Fsp3) is 0. The van der Waals surface area contributed by atoms with E-state index in [2.05, 4.69) is 47.1 Å². The van der Waals surface area contributed by atoms with Gasteiger partial charge in [-0.15, -0.1) is 0 Å². The second-order valence-electron chi connectivity index (χ2n) is 4.99. The van der Waals surface area contributed by atoms with Crippen molar-refractivity contribution < 1.29 is 9.18 Å². The van der Waals surface area contributed by atoms with Gasteiger partial charge in [-0.1, -0.05) is 31.9 Å². The zero-order chi connectivity index (χ0) is 17.3. The molecule has 4 N–H and O–H groups in total. The maximum atomic E-state index is 14.3. The lowest BCUT2D eigenvalue weighted by molar-refractivity contribution is 0.102. The molecule has 24 heavy (non-hydrogen) atoms. The van der Waals surface area contributed by atoms with Crippen LogP contribution in [0.3, 0.4) is 0 Å². The smallest absolute Gasteiger partial charge is 0.255 e. The lowest BCUT2D eigenvalue weighted by Gasteiger charge is -2.08. The number of halogens is 3. The number of carbonyl (C=O) groups excluding carboxylic acids is 1. The van der Waals surface area contributed by atoms with Crippen molar-refractivity contribution in [1.29, 1.82) is 0 Å². The van der Waals surface area contributed by atoms with E-state index < -0.39 is 5.82 Å². The van der Waals surface area contributed by atoms with Gasteiger partial charge in [-0.2, -0.15) is 0 Å². The molecule has 8 heteroatoms. The van der Waals surface area contributed by atoms with Crippen LogP contribution in [0.1, 0.15) is 10.4 Å². The van der Waals surface area contributed by atoms with Crippen LogP contribution in [0.15, 0.2) is 51.5 Å². The van der Waals surface area contributed by atoms with Crippen LogP contribution >= 0.6 is 31.9 Å². The Morgan fingerprint density at radius 3 is 2.46 bits per heavy atom. The van der Waals surface area contributed by atoms with Crippen LogP contribution in [0.2, 0.25) is 0 Å². The van der Waals surface area contributed by atoms with Gasteiger partial charge < -0.3 is 16.0 Å². The van der Waals surface area contributed by atoms with Gasteiger partial charge in [0.15, 0.2) is 5.95 Å². The average molecular weight is 454 g/mol. The van der Waals surface area contributed by atoms with Gasteiger partial charge in [-0.05, 0) is 36.4 Å². The Kier molecular flexibility index (Phi) is 4.68. The number of anilines is 2. The second kappa shape index (κ2) is 6.74. The summed E-state index contributed by atoms with van der Waals surface area (Å²) in [6, 6.07) is 9.59. The molecular formula is C16H11Br2FN4O. The lowest BCUT2D eigenvalue weighted by atomic mass is 10.1. The third-order valence-electron chi connectivity index (χ3n) is 3.24. The van der Waals surface area contributed by atoms with Gasteiger partial charge in [0.1, 0.15) is 5.82 Å². The Labute approximate surface area is 153 Å². The molecule has 2 aromatic carbocycles. The molecule has 3 aromatic rings. The number of nitrogens with two attached hydrogens (primary N) is 1. The number of hydrogen-bond donors (Lipinski definition) is 3. The van der Waals surface area contributed by atoms with E-state index in [-0.39, 0.29) is 11.9 Å². The van der Waals surface area contributed by atoms with E-state index in [4.69, 9.17) is 5.73 Å². The highest BCUT2D eigenvalue weighted by atomic mass is 79.9. The highest BCUT2D eigenvalue weighted by Gasteiger charge is 2.12. The summed E-state index contributed by atoms with van der Waals surface area (Å²) in [5, 5.41) is 2.67. The number of nitrogen functional groups attached to an aromatic ring is 1. The number of nitrogens with one attached hydrogen (secondary N) is 2. The number of amides is 1. The van der Waals surface area contributed by atoms with E-state index in [0.29, 0.717) is 22.5 Å². The van der Waals surface area contributed by atoms with E-state index in [1.54, 1.807) is 24.3 Å². The van der Waals surface area contributed by atoms with E-state index in [1.807, 2.05) is 6.07 Å². The molecule has 0 aliphatic heterocycles. The molecule has 0 saturated carbocycles. The van der Waals surface area contributed by atoms with Gasteiger partial charge >= 0.3 is 0 Å². The number of imidazole rings is 1. The Morgan fingerprint density at radius 1 is 1.17 bits per heavy atom. The van der Waals surface area contributed by atoms with Crippen molar-refractivity contribution >= 4 is 49.4 Å². The quantitative estimate of drug-likeness (QED) is 0.542. The van der Waals surface area contributed by atoms with Crippen LogP contribution in [0.4, 0.5) is 16.0 Å². The molecule has 3 rings (SSSR count). The number of carbonyl (C=O) groups is 1. The molecule has 0 saturated heterocycles. The van der Waals surface area contributed by atoms with Crippen LogP contribution in [0, 0.1) is 5.82 Å². The van der Waals surface area contributed by atoms with Crippen molar-refractivity contribution in [1.82, 2.24) is 9.97 Å². The summed E-state index contributed by atoms with van der Waals surface area (Å²) in [4.78, 5) is 18.9. The fourth-order valence-corrected chi connectivity index (χ4v) is 3.47. The maximum absolute atomic E-state index is 14.3. The average Bonchev–Trinajstić information content (AvgIpc) is 2.92. The van der Waals surface area contributed by atoms with Crippen LogP contribution < -0.4 is 11.1 Å². The number of hydrogen-bond acceptors (Lipinski definition) is 3. The second-order valence-corrected chi connectivity index (χ2v) is 6.82. The van der Waals surface area contributed by atoms with Gasteiger partial charge in [0, 0.05) is 25.8 Å². The van der Waals surface area contributed by atoms with E-state index in [0.717, 1.165) is 8.95 Å². The van der Waals surface area contributed by atoms with Gasteiger partial charge in [0.05, 0.1) is 11.9 Å². The molecule has 0 radical (unpaired) electrons. The predicted molar refractivity (Wildman–Crippen MR) is 98.2 cm³/mol. The maximum Gasteiger partial charge on any atom is 0.255 e. The Morgan fingerprint density at radius 2 is 1.88 bits per heavy atom. The molecule has 0 unspecified atom stereocenters. The van der Waals surface area contributed by atoms with Crippen molar-refractivity contribution in [2.45, 2.75) is 0 Å². The molecule has 1 amide bonds. The third kappa shape index (κ3) is 3.65. The number of aromatic amines is 1. The van der Waals surface area contributed by atoms with E-state index in [1.165, 1.54) is 12.3 Å². The number of benzene rings is 2. The van der Waals surface area contributed by atoms with Gasteiger partial charge in [-0.3, -0.25) is 4.79 Å². The van der Waals surface area contributed by atoms with E-state index in [9.17, 15) is 9.18 Å². The van der Waals surface area contributed by atoms with Crippen molar-refractivity contribution in [2.75, 3.05) is 11.1 Å². The molecule has 0 fully saturated rings. The third-order valence-corrected chi connectivity index (χ3v) is 4.15. The van der Waals surface area contributed by atoms with Crippen LogP contribution in [0.5, 0.6) is 0 Å². The fourth-order valence-electron chi connectivity index (χ4n) is 2.17. The first-order chi connectivity index (χ1) is 11.4. The van der Waals surface area contributed by atoms with Crippen molar-refractivity contribution in [3.8, 4) is 11.3 Å². The summed E-state index contributed by atoms with van der Waals surface area (Å²) < 4.78 is 15.8. The zero-order valence-electron chi connectivity index (χ0n) is 12.1. The zero-order valence-corrected chi connectivity index (χ0v) is 15.3. The Balaban J connectivity index is 1.83. The normalized spacial score (nSPS) is 10.6. The summed E-state index contributed by atoms with van der Waals surface area (Å²) in [5.74, 6) is -0.621. The first kappa shape index (κ1) is 16.7. The molecule has 0 aliphatic carbocycles. The minimum absolute atomic E-state index is 0.210. The summed E-state index contributed by atoms with van der Waals surface area (Å²) in [5.41, 5.74) is 7.09. The molecule has 5 nitrogen and oxygen atoms in total. The molecule has 122 valence electrons. The number of aromatic nitrogens is 2. The Bertz CT molecular complexity index is 906. The predicted octanol–water partition coefficient (Wildman–Crippen LogP) is 4.58. The summed E-state index contributed by atoms with van der Waals surface area (Å²) >= 11 is 6.65. The van der Waals surface area contributed by atoms with Crippen molar-refractivity contribution in [3.05, 3.63) is 62.9 Å². The summed E-state index contributed by atoms with van der Waals surface area (Å²) in [7, 11) is 0. The van der Waals surface area contributed by atoms with Crippen LogP contribution in [-0.4, -0.2) is 15.9 Å². The monoisotopic (exact) mass is 452 g/mol. The number of nitrogens with zero attached hydrogens (tertiary/aromatic N) is 1. The number of H-pyrrole nitrogens is 1. The molecular weight excluding hydrogens is 443 g/mol. The van der Waals surface area contributed by atoms with Gasteiger partial charge in [0.25, 0.3) is 5.91 Å². The van der Waals surface area contributed by atoms with Gasteiger partial charge in [0.2, 0.25) is 0 Å². The molecule has 0 aliphatic rings. The first-order valence-corrected chi connectivity index (χ1v) is 8.39. The standard InChI is InChI=1S/C16H11Br2FN4O/c17-9-3-8(4-10(18)5-9)15(24)22-11-1-2-12(13(19)6-11)14-7-21-16(20)23-14/h1-7H,(H,22,24)(H3,20,21,23). The summed E-state index contributed by atoms with van der Waals surface area (Å²) in [6.07, 6.45) is 1.45. The lowest BCUT2D eigenvalue weighted by Crippen LogP contribution is -2.12. The number of rotatable bonds is 3. The highest BCUT2D eigenvalue weighted by molar-refractivity contribution is 9.11. The van der Waals surface area contributed by atoms with Gasteiger partial charge in [-0.25, -0.2) is 9.37 Å². The minimum Gasteiger partial charge on any atom is -0.369 e. The largest absolute Gasteiger partial charge is 0.369 e. The van der Waals surface area contributed by atoms with Crippen LogP contribution in [0.25, 0.3) is 11.3 Å². The van der Waals surface area contributed by atoms with Crippen molar-refractivity contribution in [2.24, 2.45) is 0 Å². The molecule has 0 bridgehead atoms. The SMILES string of the molecule is Nc1ncc(-c2ccc(NC(=O)c3cc(Br)cc(Br)c3)cc2F)[nH]1. The topological polar surface area (TPSA) is 83.8 Å². The molecule has 1 aromatic heterocycles. The van der Waals surface area contributed by atoms with E-state index >= 15 is 0 Å². The first-order valence-electron chi connectivity index (χ1n) is 6.80. The Hall–Kier alpha value is -2.19. The highest BCUT2D eigenvalue weighted by Crippen LogP contribution is 2.25. The molecule has 0 spiro atoms. The molecule has 0 atom stereocenters. The van der Waals surface area contributed by atoms with Crippen molar-refractivity contribution in [3.63, 3.8) is 0 Å². The van der Waals surface area contributed by atoms with Crippen LogP contribution in [-0.2, 0) is 0 Å².